The molecule has 1 aromatic carbocycles. The number of ether oxygens (including phenoxy) is 1. The third-order valence-electron chi connectivity index (χ3n) is 4.80. The summed E-state index contributed by atoms with van der Waals surface area (Å²) in [6, 6.07) is 7.24. The number of likely N-dealkylation sites (N-methyl/N-ethyl adjacent to an activating group) is 1. The molecule has 0 bridgehead atoms. The first kappa shape index (κ1) is 12.3. The number of rotatable bonds is 1. The Balaban J connectivity index is 1.51. The monoisotopic (exact) mass is 274 g/mol. The van der Waals surface area contributed by atoms with E-state index in [-0.39, 0.29) is 0 Å². The highest BCUT2D eigenvalue weighted by atomic mass is 16.5. The zero-order valence-corrected chi connectivity index (χ0v) is 12.0. The summed E-state index contributed by atoms with van der Waals surface area (Å²) in [7, 11) is 2.19. The molecule has 20 heavy (non-hydrogen) atoms. The second-order valence-electron chi connectivity index (χ2n) is 6.26. The molecule has 0 saturated carbocycles. The summed E-state index contributed by atoms with van der Waals surface area (Å²) in [5.41, 5.74) is 7.82. The van der Waals surface area contributed by atoms with Gasteiger partial charge in [0.2, 0.25) is 0 Å². The number of hydrogen-bond acceptors (Lipinski definition) is 5. The first-order valence-corrected chi connectivity index (χ1v) is 7.42. The van der Waals surface area contributed by atoms with Crippen molar-refractivity contribution in [3.63, 3.8) is 0 Å². The van der Waals surface area contributed by atoms with Crippen molar-refractivity contribution in [3.8, 4) is 5.75 Å². The van der Waals surface area contributed by atoms with Crippen molar-refractivity contribution in [3.05, 3.63) is 18.2 Å². The maximum absolute atomic E-state index is 5.92. The molecule has 3 aliphatic heterocycles. The highest BCUT2D eigenvalue weighted by Gasteiger charge is 2.37. The quantitative estimate of drug-likeness (QED) is 0.754. The number of likely N-dealkylation sites (tertiary alicyclic amines) is 1. The number of nitrogen functional groups attached to an aromatic ring is 1. The number of benzene rings is 1. The normalized spacial score (nSPS) is 27.4. The summed E-state index contributed by atoms with van der Waals surface area (Å²) in [4.78, 5) is 7.51. The van der Waals surface area contributed by atoms with Crippen LogP contribution in [-0.4, -0.2) is 68.3 Å². The van der Waals surface area contributed by atoms with Crippen LogP contribution in [0.2, 0.25) is 0 Å². The predicted molar refractivity (Wildman–Crippen MR) is 80.3 cm³/mol. The predicted octanol–water partition coefficient (Wildman–Crippen LogP) is 0.466. The van der Waals surface area contributed by atoms with Crippen LogP contribution in [0, 0.1) is 0 Å². The van der Waals surface area contributed by atoms with E-state index in [1.54, 1.807) is 0 Å². The molecule has 0 amide bonds. The van der Waals surface area contributed by atoms with Gasteiger partial charge in [-0.2, -0.15) is 0 Å². The summed E-state index contributed by atoms with van der Waals surface area (Å²) < 4.78 is 5.92. The molecule has 0 aliphatic carbocycles. The van der Waals surface area contributed by atoms with Gasteiger partial charge in [-0.3, -0.25) is 4.90 Å². The van der Waals surface area contributed by atoms with E-state index in [0.717, 1.165) is 43.7 Å². The van der Waals surface area contributed by atoms with Gasteiger partial charge in [0.1, 0.15) is 12.4 Å². The molecule has 1 aromatic rings. The summed E-state index contributed by atoms with van der Waals surface area (Å²) in [6.07, 6.45) is 0. The van der Waals surface area contributed by atoms with Crippen LogP contribution in [0.25, 0.3) is 0 Å². The van der Waals surface area contributed by atoms with Gasteiger partial charge in [0.25, 0.3) is 0 Å². The number of piperazine rings is 1. The molecule has 1 atom stereocenters. The van der Waals surface area contributed by atoms with Crippen LogP contribution in [0.15, 0.2) is 18.2 Å². The standard InChI is InChI=1S/C15H22N4O/c1-17-7-12(8-17)18-4-5-19-13(9-18)10-20-15-6-11(16)2-3-14(15)19/h2-3,6,12-13H,4-5,7-10,16H2,1H3/t13-/m0/s1. The lowest BCUT2D eigenvalue weighted by Crippen LogP contribution is -2.65. The van der Waals surface area contributed by atoms with E-state index in [2.05, 4.69) is 27.8 Å². The molecule has 2 fully saturated rings. The van der Waals surface area contributed by atoms with Gasteiger partial charge in [-0.1, -0.05) is 0 Å². The average Bonchev–Trinajstić information content (AvgIpc) is 2.43. The van der Waals surface area contributed by atoms with Crippen LogP contribution in [-0.2, 0) is 0 Å². The second-order valence-corrected chi connectivity index (χ2v) is 6.26. The zero-order valence-electron chi connectivity index (χ0n) is 12.0. The Labute approximate surface area is 119 Å². The first-order valence-electron chi connectivity index (χ1n) is 7.42. The smallest absolute Gasteiger partial charge is 0.144 e. The summed E-state index contributed by atoms with van der Waals surface area (Å²) in [5.74, 6) is 0.943. The minimum atomic E-state index is 0.478. The Hall–Kier alpha value is -1.46. The summed E-state index contributed by atoms with van der Waals surface area (Å²) in [6.45, 7) is 6.54. The highest BCUT2D eigenvalue weighted by molar-refractivity contribution is 5.66. The molecule has 0 spiro atoms. The molecule has 0 aromatic heterocycles. The van der Waals surface area contributed by atoms with Crippen molar-refractivity contribution < 1.29 is 4.74 Å². The van der Waals surface area contributed by atoms with Gasteiger partial charge >= 0.3 is 0 Å². The SMILES string of the molecule is CN1CC(N2CCN3c4ccc(N)cc4OC[C@@H]3C2)C1. The van der Waals surface area contributed by atoms with Crippen molar-refractivity contribution in [1.82, 2.24) is 9.80 Å². The maximum Gasteiger partial charge on any atom is 0.144 e. The largest absolute Gasteiger partial charge is 0.489 e. The van der Waals surface area contributed by atoms with Crippen LogP contribution >= 0.6 is 0 Å². The van der Waals surface area contributed by atoms with Crippen LogP contribution < -0.4 is 15.4 Å². The molecule has 3 heterocycles. The molecule has 4 rings (SSSR count). The molecule has 5 heteroatoms. The Morgan fingerprint density at radius 2 is 2.00 bits per heavy atom. The lowest BCUT2D eigenvalue weighted by molar-refractivity contribution is 0.0324. The first-order chi connectivity index (χ1) is 9.70. The zero-order chi connectivity index (χ0) is 13.7. The van der Waals surface area contributed by atoms with E-state index in [1.165, 1.54) is 18.8 Å². The van der Waals surface area contributed by atoms with Gasteiger partial charge < -0.3 is 20.3 Å². The molecule has 2 N–H and O–H groups in total. The van der Waals surface area contributed by atoms with Gasteiger partial charge in [-0.05, 0) is 19.2 Å². The number of nitrogens with zero attached hydrogens (tertiary/aromatic N) is 3. The molecule has 108 valence electrons. The third kappa shape index (κ3) is 1.93. The molecular formula is C15H22N4O. The molecule has 2 saturated heterocycles. The van der Waals surface area contributed by atoms with Crippen molar-refractivity contribution >= 4 is 11.4 Å². The van der Waals surface area contributed by atoms with Crippen molar-refractivity contribution in [2.45, 2.75) is 12.1 Å². The van der Waals surface area contributed by atoms with Gasteiger partial charge in [0, 0.05) is 50.5 Å². The lowest BCUT2D eigenvalue weighted by atomic mass is 10.0. The number of nitrogens with two attached hydrogens (primary N) is 1. The second kappa shape index (κ2) is 4.53. The Morgan fingerprint density at radius 1 is 1.15 bits per heavy atom. The van der Waals surface area contributed by atoms with Gasteiger partial charge in [-0.25, -0.2) is 0 Å². The van der Waals surface area contributed by atoms with Crippen LogP contribution in [0.5, 0.6) is 5.75 Å². The Bertz CT molecular complexity index is 515. The van der Waals surface area contributed by atoms with E-state index in [1.807, 2.05) is 12.1 Å². The van der Waals surface area contributed by atoms with E-state index in [0.29, 0.717) is 6.04 Å². The van der Waals surface area contributed by atoms with Gasteiger partial charge in [-0.15, -0.1) is 0 Å². The minimum Gasteiger partial charge on any atom is -0.489 e. The van der Waals surface area contributed by atoms with Crippen LogP contribution in [0.1, 0.15) is 0 Å². The van der Waals surface area contributed by atoms with Crippen molar-refractivity contribution in [2.75, 3.05) is 57.0 Å². The average molecular weight is 274 g/mol. The lowest BCUT2D eigenvalue weighted by Gasteiger charge is -2.51. The van der Waals surface area contributed by atoms with Crippen molar-refractivity contribution in [1.29, 1.82) is 0 Å². The fraction of sp³-hybridized carbons (Fsp3) is 0.600. The summed E-state index contributed by atoms with van der Waals surface area (Å²) >= 11 is 0. The maximum atomic E-state index is 5.92. The van der Waals surface area contributed by atoms with Gasteiger partial charge in [0.15, 0.2) is 0 Å². The number of fused-ring (bicyclic) bond motifs is 3. The molecule has 3 aliphatic rings. The highest BCUT2D eigenvalue weighted by Crippen LogP contribution is 2.37. The van der Waals surface area contributed by atoms with E-state index >= 15 is 0 Å². The van der Waals surface area contributed by atoms with Crippen LogP contribution in [0.4, 0.5) is 11.4 Å². The third-order valence-corrected chi connectivity index (χ3v) is 4.80. The topological polar surface area (TPSA) is 45.0 Å². The fourth-order valence-electron chi connectivity index (χ4n) is 3.64. The van der Waals surface area contributed by atoms with E-state index in [9.17, 15) is 0 Å². The minimum absolute atomic E-state index is 0.478. The van der Waals surface area contributed by atoms with Gasteiger partial charge in [0.05, 0.1) is 11.7 Å². The van der Waals surface area contributed by atoms with E-state index < -0.39 is 0 Å². The molecular weight excluding hydrogens is 252 g/mol. The van der Waals surface area contributed by atoms with Crippen LogP contribution in [0.3, 0.4) is 0 Å². The Morgan fingerprint density at radius 3 is 2.80 bits per heavy atom. The number of hydrogen-bond donors (Lipinski definition) is 1. The molecule has 0 radical (unpaired) electrons. The van der Waals surface area contributed by atoms with Crippen molar-refractivity contribution in [2.24, 2.45) is 0 Å². The molecule has 0 unspecified atom stereocenters. The number of anilines is 2. The molecule has 5 nitrogen and oxygen atoms in total. The summed E-state index contributed by atoms with van der Waals surface area (Å²) in [5, 5.41) is 0. The Kier molecular flexibility index (Phi) is 2.79. The fourth-order valence-corrected chi connectivity index (χ4v) is 3.64. The van der Waals surface area contributed by atoms with E-state index in [4.69, 9.17) is 10.5 Å².